The molecule has 0 fully saturated rings. The molecule has 0 aliphatic carbocycles. The third-order valence-corrected chi connectivity index (χ3v) is 3.41. The number of pyridine rings is 1. The third kappa shape index (κ3) is 2.48. The highest BCUT2D eigenvalue weighted by molar-refractivity contribution is 7.03. The Morgan fingerprint density at radius 1 is 1.53 bits per heavy atom. The van der Waals surface area contributed by atoms with Gasteiger partial charge in [0, 0.05) is 23.1 Å². The number of aromatic nitrogens is 2. The van der Waals surface area contributed by atoms with Crippen molar-refractivity contribution in [3.05, 3.63) is 49.2 Å². The van der Waals surface area contributed by atoms with Crippen LogP contribution in [0, 0.1) is 17.0 Å². The Morgan fingerprint density at radius 3 is 2.89 bits per heavy atom. The molecule has 0 saturated heterocycles. The Kier molecular flexibility index (Phi) is 3.61. The third-order valence-electron chi connectivity index (χ3n) is 2.75. The molecule has 0 aliphatic rings. The molecule has 19 heavy (non-hydrogen) atoms. The van der Waals surface area contributed by atoms with Gasteiger partial charge in [-0.05, 0) is 18.5 Å². The molecule has 0 spiro atoms. The highest BCUT2D eigenvalue weighted by Gasteiger charge is 2.16. The molecule has 100 valence electrons. The van der Waals surface area contributed by atoms with Gasteiger partial charge in [-0.25, -0.2) is 0 Å². The fourth-order valence-corrected chi connectivity index (χ4v) is 2.39. The van der Waals surface area contributed by atoms with Crippen molar-refractivity contribution >= 4 is 17.2 Å². The van der Waals surface area contributed by atoms with Gasteiger partial charge in [0.25, 0.3) is 11.2 Å². The molecule has 8 heteroatoms. The van der Waals surface area contributed by atoms with Crippen molar-refractivity contribution in [3.63, 3.8) is 0 Å². The number of ether oxygens (including phenoxy) is 1. The van der Waals surface area contributed by atoms with Crippen LogP contribution in [0.4, 0.5) is 5.69 Å². The van der Waals surface area contributed by atoms with Gasteiger partial charge in [-0.3, -0.25) is 14.9 Å². The number of nitro groups is 1. The van der Waals surface area contributed by atoms with E-state index in [9.17, 15) is 14.9 Å². The zero-order valence-corrected chi connectivity index (χ0v) is 11.1. The van der Waals surface area contributed by atoms with Crippen molar-refractivity contribution in [1.29, 1.82) is 0 Å². The second-order valence-electron chi connectivity index (χ2n) is 3.83. The van der Waals surface area contributed by atoms with Gasteiger partial charge < -0.3 is 9.30 Å². The number of rotatable bonds is 4. The van der Waals surface area contributed by atoms with Crippen LogP contribution in [0.1, 0.15) is 11.3 Å². The van der Waals surface area contributed by atoms with Crippen LogP contribution < -0.4 is 10.3 Å². The maximum Gasteiger partial charge on any atom is 0.288 e. The van der Waals surface area contributed by atoms with Crippen molar-refractivity contribution in [3.8, 4) is 5.88 Å². The number of hydrogen-bond acceptors (Lipinski definition) is 6. The summed E-state index contributed by atoms with van der Waals surface area (Å²) in [6.45, 7) is 1.75. The summed E-state index contributed by atoms with van der Waals surface area (Å²) in [5, 5.41) is 12.6. The molecule has 0 saturated carbocycles. The second-order valence-corrected chi connectivity index (χ2v) is 4.46. The highest BCUT2D eigenvalue weighted by atomic mass is 32.1. The Balaban J connectivity index is 2.48. The van der Waals surface area contributed by atoms with Gasteiger partial charge in [-0.2, -0.15) is 4.37 Å². The van der Waals surface area contributed by atoms with Gasteiger partial charge in [0.15, 0.2) is 0 Å². The van der Waals surface area contributed by atoms with E-state index in [1.807, 2.05) is 0 Å². The molecule has 0 amide bonds. The SMILES string of the molecule is COc1nscc1Cn1c(C)c([N+](=O)[O-])ccc1=O. The molecule has 2 aromatic rings. The average molecular weight is 281 g/mol. The van der Waals surface area contributed by atoms with E-state index in [1.165, 1.54) is 35.3 Å². The van der Waals surface area contributed by atoms with Gasteiger partial charge in [0.05, 0.1) is 24.3 Å². The minimum absolute atomic E-state index is 0.0817. The number of hydrogen-bond donors (Lipinski definition) is 0. The predicted octanol–water partition coefficient (Wildman–Crippen LogP) is 1.58. The molecule has 0 bridgehead atoms. The van der Waals surface area contributed by atoms with Crippen molar-refractivity contribution in [2.45, 2.75) is 13.5 Å². The zero-order chi connectivity index (χ0) is 14.0. The summed E-state index contributed by atoms with van der Waals surface area (Å²) in [4.78, 5) is 22.2. The molecule has 7 nitrogen and oxygen atoms in total. The second kappa shape index (κ2) is 5.19. The molecule has 0 aliphatic heterocycles. The molecule has 2 rings (SSSR count). The Bertz CT molecular complexity index is 677. The summed E-state index contributed by atoms with van der Waals surface area (Å²) < 4.78 is 10.4. The van der Waals surface area contributed by atoms with Crippen LogP contribution in [0.25, 0.3) is 0 Å². The summed E-state index contributed by atoms with van der Waals surface area (Å²) in [6.07, 6.45) is 0. The highest BCUT2D eigenvalue weighted by Crippen LogP contribution is 2.21. The van der Waals surface area contributed by atoms with Crippen molar-refractivity contribution in [2.75, 3.05) is 7.11 Å². The minimum Gasteiger partial charge on any atom is -0.480 e. The molecule has 2 aromatic heterocycles. The van der Waals surface area contributed by atoms with Gasteiger partial charge in [-0.1, -0.05) is 0 Å². The lowest BCUT2D eigenvalue weighted by atomic mass is 10.2. The summed E-state index contributed by atoms with van der Waals surface area (Å²) in [6, 6.07) is 2.41. The Morgan fingerprint density at radius 2 is 2.26 bits per heavy atom. The van der Waals surface area contributed by atoms with Crippen molar-refractivity contribution in [2.24, 2.45) is 0 Å². The number of methoxy groups -OCH3 is 1. The fraction of sp³-hybridized carbons (Fsp3) is 0.273. The topological polar surface area (TPSA) is 87.3 Å². The maximum absolute atomic E-state index is 11.8. The van der Waals surface area contributed by atoms with E-state index < -0.39 is 4.92 Å². The average Bonchev–Trinajstić information content (AvgIpc) is 2.81. The van der Waals surface area contributed by atoms with Crippen LogP contribution in [0.15, 0.2) is 22.3 Å². The summed E-state index contributed by atoms with van der Waals surface area (Å²) in [7, 11) is 1.49. The first kappa shape index (κ1) is 13.2. The minimum atomic E-state index is -0.506. The molecule has 0 unspecified atom stereocenters. The van der Waals surface area contributed by atoms with Crippen LogP contribution in [0.3, 0.4) is 0 Å². The number of nitrogens with zero attached hydrogens (tertiary/aromatic N) is 3. The first-order valence-corrected chi connectivity index (χ1v) is 6.20. The molecular formula is C11H11N3O4S. The Hall–Kier alpha value is -2.22. The van der Waals surface area contributed by atoms with Crippen LogP contribution in [-0.2, 0) is 6.54 Å². The van der Waals surface area contributed by atoms with Crippen LogP contribution in [0.2, 0.25) is 0 Å². The zero-order valence-electron chi connectivity index (χ0n) is 10.3. The lowest BCUT2D eigenvalue weighted by Crippen LogP contribution is -2.22. The van der Waals surface area contributed by atoms with Crippen molar-refractivity contribution < 1.29 is 9.66 Å². The summed E-state index contributed by atoms with van der Waals surface area (Å²) in [5.74, 6) is 0.433. The fourth-order valence-electron chi connectivity index (χ4n) is 1.74. The van der Waals surface area contributed by atoms with E-state index in [4.69, 9.17) is 4.74 Å². The lowest BCUT2D eigenvalue weighted by Gasteiger charge is -2.09. The molecule has 0 atom stereocenters. The Labute approximate surface area is 112 Å². The first-order valence-electron chi connectivity index (χ1n) is 5.36. The van der Waals surface area contributed by atoms with Gasteiger partial charge in [0.1, 0.15) is 0 Å². The smallest absolute Gasteiger partial charge is 0.288 e. The van der Waals surface area contributed by atoms with Crippen molar-refractivity contribution in [1.82, 2.24) is 8.94 Å². The van der Waals surface area contributed by atoms with E-state index in [2.05, 4.69) is 4.37 Å². The molecule has 0 radical (unpaired) electrons. The summed E-state index contributed by atoms with van der Waals surface area (Å²) in [5.41, 5.74) is 0.655. The van der Waals surface area contributed by atoms with Crippen LogP contribution in [0.5, 0.6) is 5.88 Å². The van der Waals surface area contributed by atoms with Crippen LogP contribution in [-0.4, -0.2) is 21.0 Å². The van der Waals surface area contributed by atoms with Gasteiger partial charge in [-0.15, -0.1) is 0 Å². The quantitative estimate of drug-likeness (QED) is 0.627. The van der Waals surface area contributed by atoms with E-state index in [0.717, 1.165) is 5.56 Å². The normalized spacial score (nSPS) is 10.4. The molecule has 0 aromatic carbocycles. The first-order chi connectivity index (χ1) is 9.04. The van der Waals surface area contributed by atoms with E-state index >= 15 is 0 Å². The molecule has 2 heterocycles. The molecule has 0 N–H and O–H groups in total. The monoisotopic (exact) mass is 281 g/mol. The van der Waals surface area contributed by atoms with Gasteiger partial charge >= 0.3 is 0 Å². The largest absolute Gasteiger partial charge is 0.480 e. The molecular weight excluding hydrogens is 270 g/mol. The van der Waals surface area contributed by atoms with E-state index in [1.54, 1.807) is 12.3 Å². The van der Waals surface area contributed by atoms with E-state index in [-0.39, 0.29) is 17.8 Å². The predicted molar refractivity (Wildman–Crippen MR) is 69.9 cm³/mol. The van der Waals surface area contributed by atoms with E-state index in [0.29, 0.717) is 11.6 Å². The van der Waals surface area contributed by atoms with Crippen LogP contribution >= 0.6 is 11.5 Å². The standard InChI is InChI=1S/C11H11N3O4S/c1-7-9(14(16)17)3-4-10(15)13(7)5-8-6-19-12-11(8)18-2/h3-4,6H,5H2,1-2H3. The maximum atomic E-state index is 11.8. The summed E-state index contributed by atoms with van der Waals surface area (Å²) >= 11 is 1.21. The van der Waals surface area contributed by atoms with Gasteiger partial charge in [0.2, 0.25) is 5.88 Å². The lowest BCUT2D eigenvalue weighted by molar-refractivity contribution is -0.386.